The van der Waals surface area contributed by atoms with Gasteiger partial charge in [-0.2, -0.15) is 0 Å². The van der Waals surface area contributed by atoms with Crippen molar-refractivity contribution in [2.45, 2.75) is 65.3 Å². The Morgan fingerprint density at radius 1 is 1.24 bits per heavy atom. The van der Waals surface area contributed by atoms with Crippen LogP contribution in [0, 0.1) is 12.8 Å². The van der Waals surface area contributed by atoms with Gasteiger partial charge in [0.2, 0.25) is 0 Å². The van der Waals surface area contributed by atoms with Gasteiger partial charge in [0.15, 0.2) is 0 Å². The molecule has 0 amide bonds. The minimum absolute atomic E-state index is 0.344. The number of hydrazine groups is 1. The number of nitrogens with one attached hydrogen (secondary N) is 1. The maximum absolute atomic E-state index is 5.82. The molecule has 0 saturated heterocycles. The van der Waals surface area contributed by atoms with Crippen LogP contribution in [0.2, 0.25) is 0 Å². The van der Waals surface area contributed by atoms with Gasteiger partial charge in [-0.05, 0) is 43.4 Å². The summed E-state index contributed by atoms with van der Waals surface area (Å²) >= 11 is 0. The van der Waals surface area contributed by atoms with E-state index in [9.17, 15) is 0 Å². The summed E-state index contributed by atoms with van der Waals surface area (Å²) in [4.78, 5) is 0. The molecule has 0 bridgehead atoms. The normalized spacial score (nSPS) is 13.9. The first-order chi connectivity index (χ1) is 10.2. The first-order valence-electron chi connectivity index (χ1n) is 8.35. The predicted molar refractivity (Wildman–Crippen MR) is 90.3 cm³/mol. The molecule has 21 heavy (non-hydrogen) atoms. The average Bonchev–Trinajstić information content (AvgIpc) is 2.49. The highest BCUT2D eigenvalue weighted by atomic mass is 16.5. The van der Waals surface area contributed by atoms with Gasteiger partial charge in [0.25, 0.3) is 0 Å². The van der Waals surface area contributed by atoms with Crippen molar-refractivity contribution < 1.29 is 4.74 Å². The monoisotopic (exact) mass is 292 g/mol. The Labute approximate surface area is 130 Å². The largest absolute Gasteiger partial charge is 0.494 e. The zero-order valence-corrected chi connectivity index (χ0v) is 13.9. The molecule has 2 unspecified atom stereocenters. The highest BCUT2D eigenvalue weighted by Crippen LogP contribution is 2.20. The second-order valence-electron chi connectivity index (χ2n) is 5.97. The van der Waals surface area contributed by atoms with E-state index in [1.165, 1.54) is 31.2 Å². The molecule has 0 aliphatic carbocycles. The highest BCUT2D eigenvalue weighted by molar-refractivity contribution is 5.27. The van der Waals surface area contributed by atoms with E-state index in [2.05, 4.69) is 38.3 Å². The van der Waals surface area contributed by atoms with Crippen molar-refractivity contribution in [2.75, 3.05) is 6.61 Å². The summed E-state index contributed by atoms with van der Waals surface area (Å²) in [5.74, 6) is 7.42. The summed E-state index contributed by atoms with van der Waals surface area (Å²) in [6, 6.07) is 8.53. The van der Waals surface area contributed by atoms with E-state index in [0.717, 1.165) is 24.5 Å². The Kier molecular flexibility index (Phi) is 9.11. The van der Waals surface area contributed by atoms with Crippen LogP contribution in [0.1, 0.15) is 57.9 Å². The minimum atomic E-state index is 0.344. The fourth-order valence-corrected chi connectivity index (χ4v) is 2.68. The van der Waals surface area contributed by atoms with Crippen molar-refractivity contribution in [1.82, 2.24) is 5.43 Å². The van der Waals surface area contributed by atoms with Crippen LogP contribution in [0.4, 0.5) is 0 Å². The zero-order valence-electron chi connectivity index (χ0n) is 13.9. The molecule has 0 aromatic heterocycles. The number of unbranched alkanes of at least 4 members (excludes halogenated alkanes) is 1. The molecule has 1 aromatic carbocycles. The second-order valence-corrected chi connectivity index (χ2v) is 5.97. The molecule has 0 fully saturated rings. The van der Waals surface area contributed by atoms with Gasteiger partial charge in [-0.1, -0.05) is 51.7 Å². The molecule has 120 valence electrons. The Bertz CT molecular complexity index is 381. The van der Waals surface area contributed by atoms with E-state index < -0.39 is 0 Å². The summed E-state index contributed by atoms with van der Waals surface area (Å²) in [5, 5.41) is 0. The van der Waals surface area contributed by atoms with Gasteiger partial charge < -0.3 is 4.74 Å². The topological polar surface area (TPSA) is 47.3 Å². The molecule has 1 aromatic rings. The average molecular weight is 292 g/mol. The molecule has 0 radical (unpaired) electrons. The van der Waals surface area contributed by atoms with E-state index in [-0.39, 0.29) is 0 Å². The third-order valence-corrected chi connectivity index (χ3v) is 4.12. The second kappa shape index (κ2) is 10.6. The molecule has 3 heteroatoms. The molecule has 3 N–H and O–H groups in total. The summed E-state index contributed by atoms with van der Waals surface area (Å²) in [5.41, 5.74) is 4.19. The van der Waals surface area contributed by atoms with Crippen LogP contribution in [-0.4, -0.2) is 12.6 Å². The van der Waals surface area contributed by atoms with Gasteiger partial charge >= 0.3 is 0 Å². The SMILES string of the molecule is CCCCC(CC)CC(CCOc1cccc(C)c1)NN. The van der Waals surface area contributed by atoms with Gasteiger partial charge in [0.05, 0.1) is 6.61 Å². The third kappa shape index (κ3) is 7.49. The quantitative estimate of drug-likeness (QED) is 0.474. The maximum atomic E-state index is 5.82. The Morgan fingerprint density at radius 2 is 2.05 bits per heavy atom. The predicted octanol–water partition coefficient (Wildman–Crippen LogP) is 4.20. The summed E-state index contributed by atoms with van der Waals surface area (Å²) in [6.07, 6.45) is 7.22. The molecule has 0 spiro atoms. The van der Waals surface area contributed by atoms with Crippen LogP contribution < -0.4 is 16.0 Å². The molecule has 3 nitrogen and oxygen atoms in total. The number of ether oxygens (including phenoxy) is 1. The van der Waals surface area contributed by atoms with Gasteiger partial charge in [-0.3, -0.25) is 11.3 Å². The van der Waals surface area contributed by atoms with Crippen LogP contribution in [-0.2, 0) is 0 Å². The van der Waals surface area contributed by atoms with Gasteiger partial charge in [0, 0.05) is 6.04 Å². The van der Waals surface area contributed by atoms with Crippen molar-refractivity contribution in [3.8, 4) is 5.75 Å². The van der Waals surface area contributed by atoms with Crippen molar-refractivity contribution >= 4 is 0 Å². The zero-order chi connectivity index (χ0) is 15.5. The minimum Gasteiger partial charge on any atom is -0.494 e. The molecule has 0 aliphatic rings. The molecule has 2 atom stereocenters. The molecular formula is C18H32N2O. The van der Waals surface area contributed by atoms with Crippen molar-refractivity contribution in [1.29, 1.82) is 0 Å². The number of hydrogen-bond acceptors (Lipinski definition) is 3. The molecular weight excluding hydrogens is 260 g/mol. The molecule has 1 rings (SSSR count). The van der Waals surface area contributed by atoms with Crippen molar-refractivity contribution in [3.05, 3.63) is 29.8 Å². The standard InChI is InChI=1S/C18H32N2O/c1-4-6-9-16(5-2)14-17(20-19)11-12-21-18-10-7-8-15(3)13-18/h7-8,10,13,16-17,20H,4-6,9,11-12,14,19H2,1-3H3. The number of nitrogens with two attached hydrogens (primary N) is 1. The Hall–Kier alpha value is -1.06. The summed E-state index contributed by atoms with van der Waals surface area (Å²) in [7, 11) is 0. The highest BCUT2D eigenvalue weighted by Gasteiger charge is 2.14. The van der Waals surface area contributed by atoms with Gasteiger partial charge in [0.1, 0.15) is 5.75 Å². The number of aryl methyl sites for hydroxylation is 1. The maximum Gasteiger partial charge on any atom is 0.119 e. The molecule has 0 aliphatic heterocycles. The smallest absolute Gasteiger partial charge is 0.119 e. The number of hydrogen-bond donors (Lipinski definition) is 2. The van der Waals surface area contributed by atoms with E-state index in [1.807, 2.05) is 12.1 Å². The van der Waals surface area contributed by atoms with Gasteiger partial charge in [-0.25, -0.2) is 0 Å². The van der Waals surface area contributed by atoms with E-state index in [4.69, 9.17) is 10.6 Å². The molecule has 0 heterocycles. The lowest BCUT2D eigenvalue weighted by molar-refractivity contribution is 0.261. The van der Waals surface area contributed by atoms with Crippen LogP contribution in [0.5, 0.6) is 5.75 Å². The van der Waals surface area contributed by atoms with E-state index in [1.54, 1.807) is 0 Å². The third-order valence-electron chi connectivity index (χ3n) is 4.12. The Balaban J connectivity index is 2.32. The summed E-state index contributed by atoms with van der Waals surface area (Å²) in [6.45, 7) is 7.32. The summed E-state index contributed by atoms with van der Waals surface area (Å²) < 4.78 is 5.82. The van der Waals surface area contributed by atoms with Crippen LogP contribution in [0.15, 0.2) is 24.3 Å². The fourth-order valence-electron chi connectivity index (χ4n) is 2.68. The van der Waals surface area contributed by atoms with Crippen molar-refractivity contribution in [3.63, 3.8) is 0 Å². The Morgan fingerprint density at radius 3 is 2.67 bits per heavy atom. The lowest BCUT2D eigenvalue weighted by Gasteiger charge is -2.22. The van der Waals surface area contributed by atoms with Crippen molar-refractivity contribution in [2.24, 2.45) is 11.8 Å². The molecule has 0 saturated carbocycles. The number of benzene rings is 1. The first-order valence-corrected chi connectivity index (χ1v) is 8.35. The lowest BCUT2D eigenvalue weighted by atomic mass is 9.91. The van der Waals surface area contributed by atoms with Gasteiger partial charge in [-0.15, -0.1) is 0 Å². The van der Waals surface area contributed by atoms with Crippen LogP contribution >= 0.6 is 0 Å². The van der Waals surface area contributed by atoms with Crippen LogP contribution in [0.3, 0.4) is 0 Å². The van der Waals surface area contributed by atoms with E-state index >= 15 is 0 Å². The number of rotatable bonds is 11. The first kappa shape index (κ1) is 18.0. The van der Waals surface area contributed by atoms with E-state index in [0.29, 0.717) is 12.6 Å². The fraction of sp³-hybridized carbons (Fsp3) is 0.667. The lowest BCUT2D eigenvalue weighted by Crippen LogP contribution is -2.37. The van der Waals surface area contributed by atoms with Crippen LogP contribution in [0.25, 0.3) is 0 Å².